The van der Waals surface area contributed by atoms with Crippen molar-refractivity contribution < 1.29 is 0 Å². The molecule has 0 bridgehead atoms. The second-order valence-electron chi connectivity index (χ2n) is 3.76. The fourth-order valence-electron chi connectivity index (χ4n) is 1.91. The third-order valence-corrected chi connectivity index (χ3v) is 4.75. The van der Waals surface area contributed by atoms with Crippen LogP contribution < -0.4 is 0 Å². The number of thiophene rings is 1. The zero-order valence-electron chi connectivity index (χ0n) is 8.78. The maximum Gasteiger partial charge on any atom is 0.0789 e. The topological polar surface area (TPSA) is 0 Å². The van der Waals surface area contributed by atoms with Crippen molar-refractivity contribution in [3.63, 3.8) is 0 Å². The first-order valence-electron chi connectivity index (χ1n) is 5.18. The van der Waals surface area contributed by atoms with E-state index in [4.69, 9.17) is 11.6 Å². The van der Waals surface area contributed by atoms with E-state index in [0.717, 1.165) is 8.81 Å². The molecule has 0 aliphatic carbocycles. The molecule has 0 aliphatic heterocycles. The van der Waals surface area contributed by atoms with Crippen LogP contribution in [0.5, 0.6) is 0 Å². The molecule has 0 unspecified atom stereocenters. The molecule has 2 aromatic carbocycles. The molecule has 0 radical (unpaired) electrons. The lowest BCUT2D eigenvalue weighted by Crippen LogP contribution is -1.75. The molecule has 17 heavy (non-hydrogen) atoms. The second-order valence-corrected chi connectivity index (χ2v) is 6.56. The number of rotatable bonds is 1. The van der Waals surface area contributed by atoms with Gasteiger partial charge in [0.1, 0.15) is 0 Å². The quantitative estimate of drug-likeness (QED) is 0.516. The van der Waals surface area contributed by atoms with Gasteiger partial charge in [-0.3, -0.25) is 0 Å². The highest BCUT2D eigenvalue weighted by atomic mass is 79.9. The van der Waals surface area contributed by atoms with E-state index in [9.17, 15) is 0 Å². The van der Waals surface area contributed by atoms with Crippen LogP contribution in [0.25, 0.3) is 21.2 Å². The van der Waals surface area contributed by atoms with Crippen LogP contribution in [-0.2, 0) is 0 Å². The normalized spacial score (nSPS) is 10.9. The second kappa shape index (κ2) is 4.45. The summed E-state index contributed by atoms with van der Waals surface area (Å²) in [4.78, 5) is 0. The average molecular weight is 324 g/mol. The van der Waals surface area contributed by atoms with Gasteiger partial charge in [0.15, 0.2) is 0 Å². The average Bonchev–Trinajstić information content (AvgIpc) is 2.65. The van der Waals surface area contributed by atoms with Crippen molar-refractivity contribution in [2.24, 2.45) is 0 Å². The third-order valence-electron chi connectivity index (χ3n) is 2.67. The van der Waals surface area contributed by atoms with Gasteiger partial charge < -0.3 is 0 Å². The van der Waals surface area contributed by atoms with Crippen LogP contribution in [-0.4, -0.2) is 0 Å². The molecule has 0 saturated carbocycles. The van der Waals surface area contributed by atoms with Crippen molar-refractivity contribution in [2.45, 2.75) is 0 Å². The summed E-state index contributed by atoms with van der Waals surface area (Å²) in [6.07, 6.45) is 0. The predicted octanol–water partition coefficient (Wildman–Crippen LogP) is 5.98. The Labute approximate surface area is 117 Å². The Morgan fingerprint density at radius 1 is 1.00 bits per heavy atom. The standard InChI is InChI=1S/C14H8BrClS/c15-14-13(9-4-2-1-3-5-9)11-8-10(16)6-7-12(11)17-14/h1-8H. The number of benzene rings is 2. The van der Waals surface area contributed by atoms with Gasteiger partial charge in [0.2, 0.25) is 0 Å². The van der Waals surface area contributed by atoms with Gasteiger partial charge >= 0.3 is 0 Å². The van der Waals surface area contributed by atoms with E-state index in [1.54, 1.807) is 11.3 Å². The molecule has 0 nitrogen and oxygen atoms in total. The Hall–Kier alpha value is -0.830. The van der Waals surface area contributed by atoms with Crippen molar-refractivity contribution in [1.82, 2.24) is 0 Å². The summed E-state index contributed by atoms with van der Waals surface area (Å²) in [5, 5.41) is 1.99. The highest BCUT2D eigenvalue weighted by molar-refractivity contribution is 9.11. The zero-order chi connectivity index (χ0) is 11.8. The lowest BCUT2D eigenvalue weighted by atomic mass is 10.1. The lowest BCUT2D eigenvalue weighted by Gasteiger charge is -2.01. The Morgan fingerprint density at radius 2 is 1.76 bits per heavy atom. The molecule has 84 valence electrons. The molecule has 1 heterocycles. The van der Waals surface area contributed by atoms with Crippen LogP contribution in [0.3, 0.4) is 0 Å². The highest BCUT2D eigenvalue weighted by Gasteiger charge is 2.11. The van der Waals surface area contributed by atoms with E-state index in [1.165, 1.54) is 21.2 Å². The monoisotopic (exact) mass is 322 g/mol. The lowest BCUT2D eigenvalue weighted by molar-refractivity contribution is 1.68. The molecule has 3 aromatic rings. The summed E-state index contributed by atoms with van der Waals surface area (Å²) in [6, 6.07) is 16.4. The summed E-state index contributed by atoms with van der Waals surface area (Å²) in [5.74, 6) is 0. The Morgan fingerprint density at radius 3 is 2.53 bits per heavy atom. The summed E-state index contributed by atoms with van der Waals surface area (Å²) >= 11 is 11.5. The van der Waals surface area contributed by atoms with Crippen LogP contribution in [0.4, 0.5) is 0 Å². The van der Waals surface area contributed by atoms with Crippen molar-refractivity contribution in [1.29, 1.82) is 0 Å². The molecule has 0 fully saturated rings. The van der Waals surface area contributed by atoms with Crippen molar-refractivity contribution in [2.75, 3.05) is 0 Å². The van der Waals surface area contributed by atoms with Crippen LogP contribution >= 0.6 is 38.9 Å². The van der Waals surface area contributed by atoms with E-state index >= 15 is 0 Å². The van der Waals surface area contributed by atoms with Crippen LogP contribution in [0.15, 0.2) is 52.3 Å². The third kappa shape index (κ3) is 2.01. The molecule has 0 amide bonds. The van der Waals surface area contributed by atoms with Gasteiger partial charge in [-0.15, -0.1) is 11.3 Å². The van der Waals surface area contributed by atoms with E-state index in [2.05, 4.69) is 46.3 Å². The molecule has 0 saturated heterocycles. The minimum atomic E-state index is 0.778. The molecular formula is C14H8BrClS. The number of fused-ring (bicyclic) bond motifs is 1. The SMILES string of the molecule is Clc1ccc2sc(Br)c(-c3ccccc3)c2c1. The molecule has 0 spiro atoms. The van der Waals surface area contributed by atoms with Crippen LogP contribution in [0.1, 0.15) is 0 Å². The highest BCUT2D eigenvalue weighted by Crippen LogP contribution is 2.42. The Kier molecular flexibility index (Phi) is 2.95. The smallest absolute Gasteiger partial charge is 0.0789 e. The summed E-state index contributed by atoms with van der Waals surface area (Å²) in [6.45, 7) is 0. The van der Waals surface area contributed by atoms with Gasteiger partial charge in [-0.05, 0) is 39.7 Å². The number of hydrogen-bond acceptors (Lipinski definition) is 1. The molecular weight excluding hydrogens is 316 g/mol. The van der Waals surface area contributed by atoms with Gasteiger partial charge in [0.05, 0.1) is 3.79 Å². The predicted molar refractivity (Wildman–Crippen MR) is 80.0 cm³/mol. The van der Waals surface area contributed by atoms with Crippen molar-refractivity contribution >= 4 is 49.0 Å². The van der Waals surface area contributed by atoms with Crippen molar-refractivity contribution in [3.8, 4) is 11.1 Å². The Bertz CT molecular complexity index is 673. The first kappa shape index (κ1) is 11.3. The molecule has 0 N–H and O–H groups in total. The van der Waals surface area contributed by atoms with E-state index < -0.39 is 0 Å². The summed E-state index contributed by atoms with van der Waals surface area (Å²) in [7, 11) is 0. The van der Waals surface area contributed by atoms with Crippen LogP contribution in [0.2, 0.25) is 5.02 Å². The van der Waals surface area contributed by atoms with Crippen molar-refractivity contribution in [3.05, 3.63) is 57.3 Å². The molecule has 1 aromatic heterocycles. The Balaban J connectivity index is 2.35. The first-order chi connectivity index (χ1) is 8.25. The van der Waals surface area contributed by atoms with Gasteiger partial charge in [0.25, 0.3) is 0 Å². The molecule has 0 atom stereocenters. The minimum Gasteiger partial charge on any atom is -0.128 e. The molecule has 3 rings (SSSR count). The summed E-state index contributed by atoms with van der Waals surface area (Å²) < 4.78 is 2.40. The molecule has 3 heteroatoms. The fourth-order valence-corrected chi connectivity index (χ4v) is 3.98. The number of halogens is 2. The summed E-state index contributed by atoms with van der Waals surface area (Å²) in [5.41, 5.74) is 2.45. The van der Waals surface area contributed by atoms with E-state index in [0.29, 0.717) is 0 Å². The van der Waals surface area contributed by atoms with Gasteiger partial charge in [-0.25, -0.2) is 0 Å². The van der Waals surface area contributed by atoms with E-state index in [-0.39, 0.29) is 0 Å². The maximum absolute atomic E-state index is 6.08. The fraction of sp³-hybridized carbons (Fsp3) is 0. The van der Waals surface area contributed by atoms with Crippen LogP contribution in [0, 0.1) is 0 Å². The van der Waals surface area contributed by atoms with Gasteiger partial charge in [-0.1, -0.05) is 41.9 Å². The minimum absolute atomic E-state index is 0.778. The number of hydrogen-bond donors (Lipinski definition) is 0. The first-order valence-corrected chi connectivity index (χ1v) is 7.17. The largest absolute Gasteiger partial charge is 0.128 e. The van der Waals surface area contributed by atoms with Gasteiger partial charge in [-0.2, -0.15) is 0 Å². The van der Waals surface area contributed by atoms with Gasteiger partial charge in [0, 0.05) is 20.7 Å². The molecule has 0 aliphatic rings. The van der Waals surface area contributed by atoms with E-state index in [1.807, 2.05) is 18.2 Å². The zero-order valence-corrected chi connectivity index (χ0v) is 11.9. The maximum atomic E-state index is 6.08.